The van der Waals surface area contributed by atoms with E-state index in [0.29, 0.717) is 11.8 Å². The minimum Gasteiger partial charge on any atom is -0.438 e. The number of halogens is 1. The smallest absolute Gasteiger partial charge is 0.232 e. The predicted molar refractivity (Wildman–Crippen MR) is 87.8 cm³/mol. The summed E-state index contributed by atoms with van der Waals surface area (Å²) in [5.41, 5.74) is 2.30. The molecular formula is C16H15ClN2OS. The first kappa shape index (κ1) is 14.3. The summed E-state index contributed by atoms with van der Waals surface area (Å²) in [7, 11) is 0. The largest absolute Gasteiger partial charge is 0.438 e. The Labute approximate surface area is 132 Å². The van der Waals surface area contributed by atoms with Crippen molar-refractivity contribution in [2.75, 3.05) is 0 Å². The van der Waals surface area contributed by atoms with Gasteiger partial charge in [0.2, 0.25) is 11.2 Å². The first-order chi connectivity index (χ1) is 10.0. The predicted octanol–water partition coefficient (Wildman–Crippen LogP) is 5.57. The Hall–Kier alpha value is -1.65. The van der Waals surface area contributed by atoms with Crippen molar-refractivity contribution < 1.29 is 4.74 Å². The summed E-state index contributed by atoms with van der Waals surface area (Å²) in [6, 6.07) is 8.18. The zero-order chi connectivity index (χ0) is 15.0. The first-order valence-corrected chi connectivity index (χ1v) is 7.99. The highest BCUT2D eigenvalue weighted by Gasteiger charge is 2.14. The van der Waals surface area contributed by atoms with Crippen molar-refractivity contribution in [2.24, 2.45) is 0 Å². The molecule has 0 saturated heterocycles. The number of hydrogen-bond acceptors (Lipinski definition) is 4. The molecule has 0 aliphatic heterocycles. The zero-order valence-electron chi connectivity index (χ0n) is 12.1. The second-order valence-corrected chi connectivity index (χ2v) is 6.47. The average Bonchev–Trinajstić information content (AvgIpc) is 2.86. The highest BCUT2D eigenvalue weighted by molar-refractivity contribution is 7.16. The lowest BCUT2D eigenvalue weighted by atomic mass is 10.0. The van der Waals surface area contributed by atoms with Crippen molar-refractivity contribution in [3.8, 4) is 11.6 Å². The molecule has 2 aromatic heterocycles. The van der Waals surface area contributed by atoms with Crippen LogP contribution in [0.1, 0.15) is 30.9 Å². The van der Waals surface area contributed by atoms with E-state index >= 15 is 0 Å². The van der Waals surface area contributed by atoms with Gasteiger partial charge in [0.15, 0.2) is 0 Å². The fraction of sp³-hybridized carbons (Fsp3) is 0.250. The molecule has 0 atom stereocenters. The SMILES string of the molecule is Cc1ccc(C(C)C)c(Oc2nc(Cl)nc3sccc23)c1. The number of aromatic nitrogens is 2. The van der Waals surface area contributed by atoms with E-state index in [1.165, 1.54) is 11.3 Å². The molecule has 0 bridgehead atoms. The van der Waals surface area contributed by atoms with E-state index in [-0.39, 0.29) is 5.28 Å². The van der Waals surface area contributed by atoms with Crippen molar-refractivity contribution >= 4 is 33.2 Å². The number of nitrogens with zero attached hydrogens (tertiary/aromatic N) is 2. The molecule has 21 heavy (non-hydrogen) atoms. The molecule has 3 nitrogen and oxygen atoms in total. The van der Waals surface area contributed by atoms with Crippen LogP contribution in [0.15, 0.2) is 29.6 Å². The van der Waals surface area contributed by atoms with Crippen LogP contribution in [0.4, 0.5) is 0 Å². The number of hydrogen-bond donors (Lipinski definition) is 0. The molecule has 0 fully saturated rings. The molecule has 2 heterocycles. The molecule has 0 saturated carbocycles. The van der Waals surface area contributed by atoms with E-state index in [2.05, 4.69) is 35.9 Å². The lowest BCUT2D eigenvalue weighted by Crippen LogP contribution is -1.97. The Kier molecular flexibility index (Phi) is 3.83. The summed E-state index contributed by atoms with van der Waals surface area (Å²) in [6.07, 6.45) is 0. The van der Waals surface area contributed by atoms with Crippen molar-refractivity contribution in [1.29, 1.82) is 0 Å². The number of aryl methyl sites for hydroxylation is 1. The number of benzene rings is 1. The van der Waals surface area contributed by atoms with Crippen LogP contribution in [0, 0.1) is 6.92 Å². The van der Waals surface area contributed by atoms with Crippen LogP contribution in [-0.4, -0.2) is 9.97 Å². The van der Waals surface area contributed by atoms with Gasteiger partial charge in [0, 0.05) is 0 Å². The molecule has 0 radical (unpaired) electrons. The zero-order valence-corrected chi connectivity index (χ0v) is 13.6. The molecule has 108 valence electrons. The lowest BCUT2D eigenvalue weighted by molar-refractivity contribution is 0.459. The first-order valence-electron chi connectivity index (χ1n) is 6.73. The molecule has 0 spiro atoms. The van der Waals surface area contributed by atoms with Crippen LogP contribution in [0.2, 0.25) is 5.28 Å². The van der Waals surface area contributed by atoms with Crippen molar-refractivity contribution in [2.45, 2.75) is 26.7 Å². The third-order valence-electron chi connectivity index (χ3n) is 3.26. The van der Waals surface area contributed by atoms with Crippen LogP contribution < -0.4 is 4.74 Å². The van der Waals surface area contributed by atoms with E-state index in [1.54, 1.807) is 0 Å². The summed E-state index contributed by atoms with van der Waals surface area (Å²) in [5, 5.41) is 3.06. The maximum absolute atomic E-state index is 6.08. The molecule has 3 aromatic rings. The highest BCUT2D eigenvalue weighted by atomic mass is 35.5. The Morgan fingerprint density at radius 2 is 2.00 bits per heavy atom. The van der Waals surface area contributed by atoms with Crippen molar-refractivity contribution in [3.63, 3.8) is 0 Å². The minimum atomic E-state index is 0.207. The topological polar surface area (TPSA) is 35.0 Å². The van der Waals surface area contributed by atoms with E-state index in [4.69, 9.17) is 16.3 Å². The van der Waals surface area contributed by atoms with Gasteiger partial charge in [-0.3, -0.25) is 0 Å². The standard InChI is InChI=1S/C16H15ClN2OS/c1-9(2)11-5-4-10(3)8-13(11)20-14-12-6-7-21-15(12)19-16(17)18-14/h4-9H,1-3H3. The number of fused-ring (bicyclic) bond motifs is 1. The molecule has 0 unspecified atom stereocenters. The summed E-state index contributed by atoms with van der Waals surface area (Å²) < 4.78 is 6.08. The highest BCUT2D eigenvalue weighted by Crippen LogP contribution is 2.35. The van der Waals surface area contributed by atoms with E-state index in [1.807, 2.05) is 24.4 Å². The third-order valence-corrected chi connectivity index (χ3v) is 4.24. The summed E-state index contributed by atoms with van der Waals surface area (Å²) >= 11 is 7.51. The van der Waals surface area contributed by atoms with Crippen LogP contribution in [0.5, 0.6) is 11.6 Å². The lowest BCUT2D eigenvalue weighted by Gasteiger charge is -2.14. The molecule has 3 rings (SSSR count). The molecule has 0 aliphatic carbocycles. The van der Waals surface area contributed by atoms with Gasteiger partial charge in [-0.05, 0) is 53.1 Å². The van der Waals surface area contributed by atoms with Gasteiger partial charge < -0.3 is 4.74 Å². The van der Waals surface area contributed by atoms with Gasteiger partial charge in [-0.1, -0.05) is 26.0 Å². The maximum atomic E-state index is 6.08. The molecule has 1 aromatic carbocycles. The van der Waals surface area contributed by atoms with Gasteiger partial charge in [-0.2, -0.15) is 4.98 Å². The quantitative estimate of drug-likeness (QED) is 0.592. The number of rotatable bonds is 3. The van der Waals surface area contributed by atoms with Gasteiger partial charge in [-0.15, -0.1) is 11.3 Å². The van der Waals surface area contributed by atoms with Crippen molar-refractivity contribution in [3.05, 3.63) is 46.1 Å². The van der Waals surface area contributed by atoms with E-state index < -0.39 is 0 Å². The number of thiophene rings is 1. The molecule has 0 aliphatic rings. The summed E-state index contributed by atoms with van der Waals surface area (Å²) in [6.45, 7) is 6.33. The van der Waals surface area contributed by atoms with Gasteiger partial charge in [-0.25, -0.2) is 4.98 Å². The van der Waals surface area contributed by atoms with Gasteiger partial charge in [0.25, 0.3) is 0 Å². The fourth-order valence-corrected chi connectivity index (χ4v) is 3.16. The Bertz CT molecular complexity index is 798. The normalized spacial score (nSPS) is 11.3. The van der Waals surface area contributed by atoms with Crippen LogP contribution in [0.25, 0.3) is 10.2 Å². The minimum absolute atomic E-state index is 0.207. The second kappa shape index (κ2) is 5.62. The van der Waals surface area contributed by atoms with Gasteiger partial charge in [0.1, 0.15) is 10.6 Å². The van der Waals surface area contributed by atoms with Gasteiger partial charge in [0.05, 0.1) is 5.39 Å². The summed E-state index contributed by atoms with van der Waals surface area (Å²) in [5.74, 6) is 1.71. The average molecular weight is 319 g/mol. The Balaban J connectivity index is 2.10. The second-order valence-electron chi connectivity index (χ2n) is 5.24. The monoisotopic (exact) mass is 318 g/mol. The molecular weight excluding hydrogens is 304 g/mol. The van der Waals surface area contributed by atoms with E-state index in [9.17, 15) is 0 Å². The van der Waals surface area contributed by atoms with Crippen LogP contribution in [0.3, 0.4) is 0 Å². The molecule has 0 amide bonds. The Morgan fingerprint density at radius 1 is 1.19 bits per heavy atom. The third kappa shape index (κ3) is 2.87. The van der Waals surface area contributed by atoms with E-state index in [0.717, 1.165) is 27.1 Å². The Morgan fingerprint density at radius 3 is 2.76 bits per heavy atom. The van der Waals surface area contributed by atoms with Gasteiger partial charge >= 0.3 is 0 Å². The summed E-state index contributed by atoms with van der Waals surface area (Å²) in [4.78, 5) is 9.28. The molecule has 5 heteroatoms. The number of ether oxygens (including phenoxy) is 1. The molecule has 0 N–H and O–H groups in total. The van der Waals surface area contributed by atoms with Crippen LogP contribution in [-0.2, 0) is 0 Å². The fourth-order valence-electron chi connectivity index (χ4n) is 2.19. The maximum Gasteiger partial charge on any atom is 0.232 e. The van der Waals surface area contributed by atoms with Crippen LogP contribution >= 0.6 is 22.9 Å². The van der Waals surface area contributed by atoms with Crippen molar-refractivity contribution in [1.82, 2.24) is 9.97 Å².